The summed E-state index contributed by atoms with van der Waals surface area (Å²) in [7, 11) is 0. The van der Waals surface area contributed by atoms with E-state index in [2.05, 4.69) is 10.6 Å². The van der Waals surface area contributed by atoms with Gasteiger partial charge in [0.05, 0.1) is 21.3 Å². The van der Waals surface area contributed by atoms with Gasteiger partial charge < -0.3 is 10.4 Å². The van der Waals surface area contributed by atoms with Crippen molar-refractivity contribution in [1.29, 1.82) is 0 Å². The number of amides is 1. The van der Waals surface area contributed by atoms with Gasteiger partial charge >= 0.3 is 0 Å². The monoisotopic (exact) mass is 374 g/mol. The Bertz CT molecular complexity index is 753. The lowest BCUT2D eigenvalue weighted by molar-refractivity contribution is 0.0978. The first-order valence-electron chi connectivity index (χ1n) is 5.93. The van der Waals surface area contributed by atoms with Crippen molar-refractivity contribution in [1.82, 2.24) is 5.32 Å². The van der Waals surface area contributed by atoms with E-state index >= 15 is 0 Å². The molecule has 0 radical (unpaired) electrons. The largest absolute Gasteiger partial charge is 0.504 e. The van der Waals surface area contributed by atoms with E-state index in [1.165, 1.54) is 12.1 Å². The Labute approximate surface area is 147 Å². The normalized spacial score (nSPS) is 10.1. The summed E-state index contributed by atoms with van der Waals surface area (Å²) in [5, 5.41) is 15.6. The molecule has 1 amide bonds. The van der Waals surface area contributed by atoms with E-state index in [-0.39, 0.29) is 27.1 Å². The molecule has 114 valence electrons. The number of phenolic OH excluding ortho intramolecular Hbond substituents is 1. The van der Waals surface area contributed by atoms with Crippen LogP contribution < -0.4 is 10.6 Å². The van der Waals surface area contributed by atoms with Gasteiger partial charge in [-0.25, -0.2) is 0 Å². The van der Waals surface area contributed by atoms with Crippen LogP contribution >= 0.6 is 47.0 Å². The summed E-state index contributed by atoms with van der Waals surface area (Å²) in [6.07, 6.45) is 0. The standard InChI is InChI=1S/C14H9Cl3N2O2S/c15-7-5-10(17)12(20)11(6-7)18-14(22)19-13(21)8-3-1-2-4-9(8)16/h1-6,20H,(H2,18,19,21,22). The molecule has 0 unspecified atom stereocenters. The number of rotatable bonds is 2. The molecule has 2 aromatic rings. The highest BCUT2D eigenvalue weighted by molar-refractivity contribution is 7.80. The smallest absolute Gasteiger partial charge is 0.258 e. The average molecular weight is 376 g/mol. The maximum absolute atomic E-state index is 12.0. The molecule has 0 aromatic heterocycles. The highest BCUT2D eigenvalue weighted by atomic mass is 35.5. The minimum absolute atomic E-state index is 0.0291. The molecule has 4 nitrogen and oxygen atoms in total. The van der Waals surface area contributed by atoms with Crippen LogP contribution in [0.5, 0.6) is 5.75 Å². The fourth-order valence-electron chi connectivity index (χ4n) is 1.63. The molecule has 0 spiro atoms. The minimum atomic E-state index is -0.476. The first-order chi connectivity index (χ1) is 10.4. The lowest BCUT2D eigenvalue weighted by Crippen LogP contribution is -2.34. The molecule has 8 heteroatoms. The molecule has 0 saturated carbocycles. The Hall–Kier alpha value is -1.53. The molecule has 2 aromatic carbocycles. The number of halogens is 3. The van der Waals surface area contributed by atoms with Crippen molar-refractivity contribution in [2.45, 2.75) is 0 Å². The van der Waals surface area contributed by atoms with Gasteiger partial charge in [-0.1, -0.05) is 46.9 Å². The van der Waals surface area contributed by atoms with Crippen molar-refractivity contribution in [3.05, 3.63) is 57.0 Å². The van der Waals surface area contributed by atoms with Gasteiger partial charge in [0, 0.05) is 5.02 Å². The SMILES string of the molecule is O=C(NC(=S)Nc1cc(Cl)cc(Cl)c1O)c1ccccc1Cl. The number of phenols is 1. The van der Waals surface area contributed by atoms with Gasteiger partial charge in [-0.15, -0.1) is 0 Å². The molecule has 0 saturated heterocycles. The van der Waals surface area contributed by atoms with Gasteiger partial charge in [-0.2, -0.15) is 0 Å². The molecule has 0 fully saturated rings. The van der Waals surface area contributed by atoms with Crippen molar-refractivity contribution in [2.75, 3.05) is 5.32 Å². The second-order valence-corrected chi connectivity index (χ2v) is 5.83. The Kier molecular flexibility index (Phi) is 5.47. The van der Waals surface area contributed by atoms with Gasteiger partial charge in [-0.3, -0.25) is 10.1 Å². The van der Waals surface area contributed by atoms with E-state index in [1.54, 1.807) is 24.3 Å². The van der Waals surface area contributed by atoms with Crippen LogP contribution in [0.3, 0.4) is 0 Å². The fourth-order valence-corrected chi connectivity index (χ4v) is 2.55. The molecule has 3 N–H and O–H groups in total. The molecule has 0 atom stereocenters. The average Bonchev–Trinajstić information content (AvgIpc) is 2.44. The zero-order valence-electron chi connectivity index (χ0n) is 10.9. The predicted octanol–water partition coefficient (Wildman–Crippen LogP) is 4.48. The Morgan fingerprint density at radius 3 is 2.45 bits per heavy atom. The van der Waals surface area contributed by atoms with Crippen LogP contribution in [0.2, 0.25) is 15.1 Å². The van der Waals surface area contributed by atoms with Crippen molar-refractivity contribution >= 4 is 63.7 Å². The van der Waals surface area contributed by atoms with Crippen molar-refractivity contribution in [3.8, 4) is 5.75 Å². The van der Waals surface area contributed by atoms with Gasteiger partial charge in [0.25, 0.3) is 5.91 Å². The summed E-state index contributed by atoms with van der Waals surface area (Å²) < 4.78 is 0. The van der Waals surface area contributed by atoms with Gasteiger partial charge in [0.1, 0.15) is 0 Å². The zero-order valence-corrected chi connectivity index (χ0v) is 13.9. The fraction of sp³-hybridized carbons (Fsp3) is 0. The molecule has 0 bridgehead atoms. The third-order valence-corrected chi connectivity index (χ3v) is 3.66. The topological polar surface area (TPSA) is 61.4 Å². The highest BCUT2D eigenvalue weighted by Crippen LogP contribution is 2.34. The van der Waals surface area contributed by atoms with E-state index in [0.29, 0.717) is 10.0 Å². The summed E-state index contributed by atoms with van der Waals surface area (Å²) in [4.78, 5) is 12.0. The highest BCUT2D eigenvalue weighted by Gasteiger charge is 2.13. The second-order valence-electron chi connectivity index (χ2n) is 4.17. The number of thiocarbonyl (C=S) groups is 1. The number of hydrogen-bond donors (Lipinski definition) is 3. The quantitative estimate of drug-likeness (QED) is 0.535. The van der Waals surface area contributed by atoms with Crippen LogP contribution in [0.25, 0.3) is 0 Å². The molecular weight excluding hydrogens is 367 g/mol. The molecule has 0 heterocycles. The molecule has 0 aliphatic rings. The van der Waals surface area contributed by atoms with Gasteiger partial charge in [0.15, 0.2) is 10.9 Å². The molecule has 0 aliphatic carbocycles. The van der Waals surface area contributed by atoms with Crippen LogP contribution in [0.4, 0.5) is 5.69 Å². The molecule has 22 heavy (non-hydrogen) atoms. The number of hydrogen-bond acceptors (Lipinski definition) is 3. The van der Waals surface area contributed by atoms with Crippen molar-refractivity contribution < 1.29 is 9.90 Å². The van der Waals surface area contributed by atoms with E-state index in [9.17, 15) is 9.90 Å². The maximum atomic E-state index is 12.0. The first kappa shape index (κ1) is 16.8. The Morgan fingerprint density at radius 2 is 1.77 bits per heavy atom. The summed E-state index contributed by atoms with van der Waals surface area (Å²) >= 11 is 22.6. The van der Waals surface area contributed by atoms with Crippen LogP contribution in [-0.4, -0.2) is 16.1 Å². The number of anilines is 1. The van der Waals surface area contributed by atoms with Crippen molar-refractivity contribution in [2.24, 2.45) is 0 Å². The summed E-state index contributed by atoms with van der Waals surface area (Å²) in [6.45, 7) is 0. The number of nitrogens with one attached hydrogen (secondary N) is 2. The molecule has 0 aliphatic heterocycles. The Balaban J connectivity index is 2.11. The van der Waals surface area contributed by atoms with E-state index in [4.69, 9.17) is 47.0 Å². The lowest BCUT2D eigenvalue weighted by atomic mass is 10.2. The van der Waals surface area contributed by atoms with Gasteiger partial charge in [0.2, 0.25) is 0 Å². The second kappa shape index (κ2) is 7.15. The summed E-state index contributed by atoms with van der Waals surface area (Å²) in [5.41, 5.74) is 0.462. The predicted molar refractivity (Wildman–Crippen MR) is 93.3 cm³/mol. The third kappa shape index (κ3) is 4.01. The van der Waals surface area contributed by atoms with Crippen LogP contribution in [-0.2, 0) is 0 Å². The molecular formula is C14H9Cl3N2O2S. The van der Waals surface area contributed by atoms with Gasteiger partial charge in [-0.05, 0) is 36.5 Å². The van der Waals surface area contributed by atoms with E-state index in [0.717, 1.165) is 0 Å². The summed E-state index contributed by atoms with van der Waals surface area (Å²) in [5.74, 6) is -0.698. The van der Waals surface area contributed by atoms with E-state index in [1.807, 2.05) is 0 Å². The van der Waals surface area contributed by atoms with Crippen LogP contribution in [0.1, 0.15) is 10.4 Å². The van der Waals surface area contributed by atoms with Crippen LogP contribution in [0, 0.1) is 0 Å². The maximum Gasteiger partial charge on any atom is 0.258 e. The number of aromatic hydroxyl groups is 1. The zero-order chi connectivity index (χ0) is 16.3. The van der Waals surface area contributed by atoms with Crippen LogP contribution in [0.15, 0.2) is 36.4 Å². The number of carbonyl (C=O) groups is 1. The van der Waals surface area contributed by atoms with E-state index < -0.39 is 5.91 Å². The molecule has 2 rings (SSSR count). The summed E-state index contributed by atoms with van der Waals surface area (Å²) in [6, 6.07) is 9.36. The third-order valence-electron chi connectivity index (χ3n) is 2.62. The first-order valence-corrected chi connectivity index (χ1v) is 7.47. The number of carbonyl (C=O) groups excluding carboxylic acids is 1. The van der Waals surface area contributed by atoms with Crippen molar-refractivity contribution in [3.63, 3.8) is 0 Å². The Morgan fingerprint density at radius 1 is 1.09 bits per heavy atom. The lowest BCUT2D eigenvalue weighted by Gasteiger charge is -2.12. The number of benzene rings is 2. The minimum Gasteiger partial charge on any atom is -0.504 e.